The summed E-state index contributed by atoms with van der Waals surface area (Å²) in [7, 11) is 0. The molecule has 1 unspecified atom stereocenters. The molecule has 0 aliphatic rings. The molecule has 0 fully saturated rings. The minimum Gasteiger partial charge on any atom is -0.489 e. The van der Waals surface area contributed by atoms with Crippen molar-refractivity contribution in [2.24, 2.45) is 0 Å². The third-order valence-electron chi connectivity index (χ3n) is 4.54. The Morgan fingerprint density at radius 2 is 1.73 bits per heavy atom. The summed E-state index contributed by atoms with van der Waals surface area (Å²) < 4.78 is 6.15. The molecule has 3 rings (SSSR count). The molecule has 0 spiro atoms. The third-order valence-corrected chi connectivity index (χ3v) is 4.80. The zero-order valence-corrected chi connectivity index (χ0v) is 16.7. The van der Waals surface area contributed by atoms with Gasteiger partial charge in [-0.05, 0) is 47.9 Å². The summed E-state index contributed by atoms with van der Waals surface area (Å²) in [5, 5.41) is 6.81. The fourth-order valence-electron chi connectivity index (χ4n) is 2.80. The molecule has 0 aliphatic heterocycles. The van der Waals surface area contributed by atoms with E-state index in [9.17, 15) is 0 Å². The summed E-state index contributed by atoms with van der Waals surface area (Å²) in [6.45, 7) is 5.73. The van der Waals surface area contributed by atoms with Crippen LogP contribution in [0.5, 0.6) is 5.75 Å². The summed E-state index contributed by atoms with van der Waals surface area (Å²) >= 11 is 5.95. The smallest absolute Gasteiger partial charge is 0.124 e. The van der Waals surface area contributed by atoms with Gasteiger partial charge in [0.2, 0.25) is 0 Å². The minimum atomic E-state index is 0. The lowest BCUT2D eigenvalue weighted by atomic mass is 10.0. The van der Waals surface area contributed by atoms with Crippen LogP contribution in [0.4, 0.5) is 0 Å². The Hall–Kier alpha value is -1.74. The quantitative estimate of drug-likeness (QED) is 0.505. The summed E-state index contributed by atoms with van der Waals surface area (Å²) in [6, 6.07) is 20.9. The highest BCUT2D eigenvalue weighted by Gasteiger charge is 2.10. The zero-order valence-electron chi connectivity index (χ0n) is 15.2. The van der Waals surface area contributed by atoms with Crippen molar-refractivity contribution in [3.63, 3.8) is 0 Å². The van der Waals surface area contributed by atoms with Gasteiger partial charge < -0.3 is 10.1 Å². The Labute approximate surface area is 166 Å². The zero-order chi connectivity index (χ0) is 17.6. The van der Waals surface area contributed by atoms with Crippen molar-refractivity contribution in [3.8, 4) is 5.75 Å². The van der Waals surface area contributed by atoms with E-state index in [2.05, 4.69) is 55.6 Å². The van der Waals surface area contributed by atoms with E-state index in [1.165, 1.54) is 16.3 Å². The molecule has 0 radical (unpaired) electrons. The number of fused-ring (bicyclic) bond motifs is 1. The Morgan fingerprint density at radius 1 is 1.00 bits per heavy atom. The van der Waals surface area contributed by atoms with Gasteiger partial charge in [0.15, 0.2) is 0 Å². The largest absolute Gasteiger partial charge is 0.489 e. The standard InChI is InChI=1S/C22H24ClNO.ClH/c1-3-16(2)24-14-21-20-7-5-4-6-18(20)10-13-22(21)25-15-17-8-11-19(23)12-9-17;/h4-13,16,24H,3,14-15H2,1-2H3;1H. The van der Waals surface area contributed by atoms with E-state index in [-0.39, 0.29) is 12.4 Å². The van der Waals surface area contributed by atoms with Gasteiger partial charge in [0.25, 0.3) is 0 Å². The Morgan fingerprint density at radius 3 is 2.46 bits per heavy atom. The maximum absolute atomic E-state index is 6.15. The first-order chi connectivity index (χ1) is 12.2. The van der Waals surface area contributed by atoms with Crippen molar-refractivity contribution in [2.75, 3.05) is 0 Å². The maximum Gasteiger partial charge on any atom is 0.124 e. The van der Waals surface area contributed by atoms with E-state index < -0.39 is 0 Å². The average molecular weight is 390 g/mol. The first-order valence-electron chi connectivity index (χ1n) is 8.78. The predicted molar refractivity (Wildman–Crippen MR) is 114 cm³/mol. The number of ether oxygens (including phenoxy) is 1. The van der Waals surface area contributed by atoms with Crippen LogP contribution in [0.3, 0.4) is 0 Å². The molecule has 0 amide bonds. The van der Waals surface area contributed by atoms with Gasteiger partial charge in [0.1, 0.15) is 12.4 Å². The topological polar surface area (TPSA) is 21.3 Å². The molecular weight excluding hydrogens is 365 g/mol. The van der Waals surface area contributed by atoms with Crippen LogP contribution in [0.1, 0.15) is 31.4 Å². The number of benzene rings is 3. The minimum absolute atomic E-state index is 0. The van der Waals surface area contributed by atoms with Gasteiger partial charge in [-0.3, -0.25) is 0 Å². The fraction of sp³-hybridized carbons (Fsp3) is 0.273. The van der Waals surface area contributed by atoms with Crippen LogP contribution in [0.25, 0.3) is 10.8 Å². The fourth-order valence-corrected chi connectivity index (χ4v) is 2.92. The van der Waals surface area contributed by atoms with Gasteiger partial charge in [-0.15, -0.1) is 12.4 Å². The van der Waals surface area contributed by atoms with Crippen molar-refractivity contribution in [2.45, 2.75) is 39.5 Å². The molecule has 0 heterocycles. The van der Waals surface area contributed by atoms with Gasteiger partial charge in [-0.25, -0.2) is 0 Å². The summed E-state index contributed by atoms with van der Waals surface area (Å²) in [4.78, 5) is 0. The van der Waals surface area contributed by atoms with Crippen molar-refractivity contribution < 1.29 is 4.74 Å². The van der Waals surface area contributed by atoms with E-state index in [0.29, 0.717) is 12.6 Å². The molecule has 3 aromatic rings. The summed E-state index contributed by atoms with van der Waals surface area (Å²) in [5.41, 5.74) is 2.32. The van der Waals surface area contributed by atoms with Gasteiger partial charge in [0, 0.05) is 23.2 Å². The van der Waals surface area contributed by atoms with E-state index in [4.69, 9.17) is 16.3 Å². The van der Waals surface area contributed by atoms with Crippen LogP contribution in [0, 0.1) is 0 Å². The highest BCUT2D eigenvalue weighted by Crippen LogP contribution is 2.29. The number of hydrogen-bond donors (Lipinski definition) is 1. The Balaban J connectivity index is 0.00000243. The molecule has 138 valence electrons. The number of rotatable bonds is 7. The second kappa shape index (κ2) is 9.82. The predicted octanol–water partition coefficient (Wildman–Crippen LogP) is 6.38. The Kier molecular flexibility index (Phi) is 7.77. The monoisotopic (exact) mass is 389 g/mol. The first-order valence-corrected chi connectivity index (χ1v) is 9.16. The molecule has 0 bridgehead atoms. The third kappa shape index (κ3) is 5.14. The van der Waals surface area contributed by atoms with Crippen LogP contribution in [-0.2, 0) is 13.2 Å². The number of halogens is 2. The first kappa shape index (κ1) is 20.6. The SMILES string of the molecule is CCC(C)NCc1c(OCc2ccc(Cl)cc2)ccc2ccccc12.Cl. The van der Waals surface area contributed by atoms with Crippen LogP contribution >= 0.6 is 24.0 Å². The molecule has 0 saturated carbocycles. The van der Waals surface area contributed by atoms with E-state index in [1.807, 2.05) is 24.3 Å². The second-order valence-electron chi connectivity index (χ2n) is 6.37. The summed E-state index contributed by atoms with van der Waals surface area (Å²) in [6.07, 6.45) is 1.10. The average Bonchev–Trinajstić information content (AvgIpc) is 2.65. The van der Waals surface area contributed by atoms with Gasteiger partial charge in [-0.1, -0.05) is 61.0 Å². The van der Waals surface area contributed by atoms with E-state index in [0.717, 1.165) is 29.3 Å². The molecule has 4 heteroatoms. The van der Waals surface area contributed by atoms with Gasteiger partial charge >= 0.3 is 0 Å². The highest BCUT2D eigenvalue weighted by atomic mass is 35.5. The van der Waals surface area contributed by atoms with Crippen molar-refractivity contribution in [3.05, 3.63) is 76.8 Å². The van der Waals surface area contributed by atoms with Crippen LogP contribution < -0.4 is 10.1 Å². The highest BCUT2D eigenvalue weighted by molar-refractivity contribution is 6.30. The lowest BCUT2D eigenvalue weighted by molar-refractivity contribution is 0.302. The molecule has 26 heavy (non-hydrogen) atoms. The maximum atomic E-state index is 6.15. The lowest BCUT2D eigenvalue weighted by Gasteiger charge is -2.17. The molecule has 0 aromatic heterocycles. The molecule has 0 saturated heterocycles. The number of nitrogens with one attached hydrogen (secondary N) is 1. The molecule has 2 nitrogen and oxygen atoms in total. The molecule has 1 atom stereocenters. The van der Waals surface area contributed by atoms with Crippen LogP contribution in [0.2, 0.25) is 5.02 Å². The van der Waals surface area contributed by atoms with Gasteiger partial charge in [-0.2, -0.15) is 0 Å². The van der Waals surface area contributed by atoms with Crippen LogP contribution in [-0.4, -0.2) is 6.04 Å². The van der Waals surface area contributed by atoms with E-state index >= 15 is 0 Å². The lowest BCUT2D eigenvalue weighted by Crippen LogP contribution is -2.24. The molecular formula is C22H25Cl2NO. The Bertz CT molecular complexity index is 833. The van der Waals surface area contributed by atoms with Crippen molar-refractivity contribution in [1.82, 2.24) is 5.32 Å². The van der Waals surface area contributed by atoms with Crippen molar-refractivity contribution >= 4 is 34.8 Å². The molecule has 0 aliphatic carbocycles. The van der Waals surface area contributed by atoms with E-state index in [1.54, 1.807) is 0 Å². The normalized spacial score (nSPS) is 11.8. The molecule has 1 N–H and O–H groups in total. The second-order valence-corrected chi connectivity index (χ2v) is 6.81. The van der Waals surface area contributed by atoms with Crippen LogP contribution in [0.15, 0.2) is 60.7 Å². The summed E-state index contributed by atoms with van der Waals surface area (Å²) in [5.74, 6) is 0.935. The number of hydrogen-bond acceptors (Lipinski definition) is 2. The van der Waals surface area contributed by atoms with Gasteiger partial charge in [0.05, 0.1) is 0 Å². The molecule has 3 aromatic carbocycles. The van der Waals surface area contributed by atoms with Crippen molar-refractivity contribution in [1.29, 1.82) is 0 Å².